The molecular formula is C22H26N6O4. The predicted molar refractivity (Wildman–Crippen MR) is 119 cm³/mol. The van der Waals surface area contributed by atoms with Gasteiger partial charge in [-0.3, -0.25) is 14.4 Å². The third-order valence-corrected chi connectivity index (χ3v) is 4.72. The number of carbonyl (C=O) groups excluding carboxylic acids is 3. The van der Waals surface area contributed by atoms with Crippen LogP contribution < -0.4 is 21.5 Å². The van der Waals surface area contributed by atoms with Crippen LogP contribution in [0.4, 0.5) is 0 Å². The smallest absolute Gasteiger partial charge is 0.237 e. The lowest BCUT2D eigenvalue weighted by molar-refractivity contribution is -0.127. The molecule has 0 aliphatic carbocycles. The number of ether oxygens (including phenoxy) is 1. The van der Waals surface area contributed by atoms with Crippen LogP contribution in [0, 0.1) is 0 Å². The van der Waals surface area contributed by atoms with Crippen molar-refractivity contribution in [1.29, 1.82) is 0 Å². The van der Waals surface area contributed by atoms with Crippen LogP contribution in [0.3, 0.4) is 0 Å². The molecule has 0 unspecified atom stereocenters. The topological polar surface area (TPSA) is 173 Å². The fourth-order valence-electron chi connectivity index (χ4n) is 3.11. The molecule has 0 spiro atoms. The molecule has 2 amide bonds. The van der Waals surface area contributed by atoms with E-state index in [-0.39, 0.29) is 18.8 Å². The van der Waals surface area contributed by atoms with E-state index in [9.17, 15) is 14.4 Å². The Morgan fingerprint density at radius 1 is 1.12 bits per heavy atom. The first-order valence-electron chi connectivity index (χ1n) is 9.97. The highest BCUT2D eigenvalue weighted by molar-refractivity contribution is 5.96. The third kappa shape index (κ3) is 7.42. The molecule has 0 saturated heterocycles. The second-order valence-electron chi connectivity index (χ2n) is 7.22. The first-order valence-corrected chi connectivity index (χ1v) is 9.97. The summed E-state index contributed by atoms with van der Waals surface area (Å²) in [4.78, 5) is 38.4. The van der Waals surface area contributed by atoms with Crippen LogP contribution in [-0.4, -0.2) is 42.3 Å². The molecule has 3 atom stereocenters. The normalized spacial score (nSPS) is 13.2. The summed E-state index contributed by atoms with van der Waals surface area (Å²) < 4.78 is 5.80. The quantitative estimate of drug-likeness (QED) is 0.198. The Morgan fingerprint density at radius 2 is 1.78 bits per heavy atom. The lowest BCUT2D eigenvalue weighted by Crippen LogP contribution is -2.52. The summed E-state index contributed by atoms with van der Waals surface area (Å²) in [5.74, 6) is -1.14. The summed E-state index contributed by atoms with van der Waals surface area (Å²) in [7, 11) is 0. The molecule has 2 aromatic carbocycles. The average molecular weight is 438 g/mol. The molecule has 2 aromatic rings. The predicted octanol–water partition coefficient (Wildman–Crippen LogP) is 1.88. The van der Waals surface area contributed by atoms with Crippen LogP contribution in [0.25, 0.3) is 10.4 Å². The molecule has 10 nitrogen and oxygen atoms in total. The van der Waals surface area contributed by atoms with E-state index in [0.717, 1.165) is 5.56 Å². The Kier molecular flexibility index (Phi) is 9.22. The van der Waals surface area contributed by atoms with Crippen molar-refractivity contribution in [3.05, 3.63) is 76.2 Å². The van der Waals surface area contributed by atoms with Gasteiger partial charge in [0.15, 0.2) is 5.78 Å². The zero-order chi connectivity index (χ0) is 23.5. The van der Waals surface area contributed by atoms with Gasteiger partial charge in [-0.2, -0.15) is 0 Å². The number of Topliss-reactive ketones (excluding diaryl/α,β-unsaturated/α-hetero) is 1. The maximum Gasteiger partial charge on any atom is 0.237 e. The molecule has 32 heavy (non-hydrogen) atoms. The number of carbonyl (C=O) groups is 3. The van der Waals surface area contributed by atoms with Crippen molar-refractivity contribution in [3.63, 3.8) is 0 Å². The molecule has 5 N–H and O–H groups in total. The fraction of sp³-hybridized carbons (Fsp3) is 0.318. The number of para-hydroxylation sites is 1. The highest BCUT2D eigenvalue weighted by atomic mass is 16.5. The number of hydrogen-bond donors (Lipinski definition) is 3. The number of benzene rings is 2. The van der Waals surface area contributed by atoms with Gasteiger partial charge in [-0.25, -0.2) is 0 Å². The van der Waals surface area contributed by atoms with E-state index in [1.54, 1.807) is 24.3 Å². The van der Waals surface area contributed by atoms with E-state index in [0.29, 0.717) is 17.7 Å². The Hall–Kier alpha value is -3.88. The monoisotopic (exact) mass is 438 g/mol. The van der Waals surface area contributed by atoms with Crippen molar-refractivity contribution in [2.24, 2.45) is 16.6 Å². The second-order valence-corrected chi connectivity index (χ2v) is 7.22. The number of primary amides is 1. The average Bonchev–Trinajstić information content (AvgIpc) is 2.76. The summed E-state index contributed by atoms with van der Waals surface area (Å²) in [6.07, 6.45) is -0.00413. The lowest BCUT2D eigenvalue weighted by atomic mass is 9.99. The van der Waals surface area contributed by atoms with Crippen LogP contribution in [0.2, 0.25) is 0 Å². The van der Waals surface area contributed by atoms with Crippen molar-refractivity contribution < 1.29 is 19.1 Å². The Labute approximate surface area is 185 Å². The molecule has 0 heterocycles. The lowest BCUT2D eigenvalue weighted by Gasteiger charge is -2.26. The molecule has 0 radical (unpaired) electrons. The number of hydrogen-bond acceptors (Lipinski definition) is 6. The standard InChI is InChI=1S/C22H26N6O4/c1-14(29)16-9-5-6-10-20(16)32-13-19(27-28-25)18(11-15-7-3-2-4-8-15)26-22(31)17(23)12-21(24)30/h2-10,17-19H,11-13,23H2,1H3,(H2,24,30)(H,26,31)/t17-,18-,19-/m0/s1. The number of nitrogens with one attached hydrogen (secondary N) is 1. The van der Waals surface area contributed by atoms with E-state index >= 15 is 0 Å². The molecular weight excluding hydrogens is 412 g/mol. The van der Waals surface area contributed by atoms with Crippen LogP contribution in [0.5, 0.6) is 5.75 Å². The van der Waals surface area contributed by atoms with E-state index in [1.807, 2.05) is 30.3 Å². The first kappa shape index (κ1) is 24.4. The summed E-state index contributed by atoms with van der Waals surface area (Å²) >= 11 is 0. The Balaban J connectivity index is 2.26. The van der Waals surface area contributed by atoms with Gasteiger partial charge in [0.05, 0.1) is 30.7 Å². The maximum absolute atomic E-state index is 12.5. The van der Waals surface area contributed by atoms with Crippen LogP contribution >= 0.6 is 0 Å². The van der Waals surface area contributed by atoms with E-state index in [1.165, 1.54) is 6.92 Å². The zero-order valence-electron chi connectivity index (χ0n) is 17.7. The highest BCUT2D eigenvalue weighted by Gasteiger charge is 2.27. The van der Waals surface area contributed by atoms with Gasteiger partial charge in [-0.05, 0) is 36.6 Å². The van der Waals surface area contributed by atoms with E-state index in [4.69, 9.17) is 21.7 Å². The summed E-state index contributed by atoms with van der Waals surface area (Å²) in [5.41, 5.74) is 21.3. The first-order chi connectivity index (χ1) is 15.3. The molecule has 0 aliphatic rings. The molecule has 0 bridgehead atoms. The van der Waals surface area contributed by atoms with Gasteiger partial charge in [0.25, 0.3) is 0 Å². The van der Waals surface area contributed by atoms with Crippen molar-refractivity contribution in [1.82, 2.24) is 5.32 Å². The molecule has 0 fully saturated rings. The Bertz CT molecular complexity index is 991. The molecule has 10 heteroatoms. The third-order valence-electron chi connectivity index (χ3n) is 4.72. The summed E-state index contributed by atoms with van der Waals surface area (Å²) in [6, 6.07) is 13.3. The maximum atomic E-state index is 12.5. The zero-order valence-corrected chi connectivity index (χ0v) is 17.7. The number of amides is 2. The van der Waals surface area contributed by atoms with Gasteiger partial charge in [0.2, 0.25) is 11.8 Å². The molecule has 0 aromatic heterocycles. The van der Waals surface area contributed by atoms with Gasteiger partial charge in [-0.15, -0.1) is 0 Å². The van der Waals surface area contributed by atoms with Crippen molar-refractivity contribution >= 4 is 17.6 Å². The molecule has 2 rings (SSSR count). The highest BCUT2D eigenvalue weighted by Crippen LogP contribution is 2.20. The molecule has 0 saturated carbocycles. The number of nitrogens with zero attached hydrogens (tertiary/aromatic N) is 3. The fourth-order valence-corrected chi connectivity index (χ4v) is 3.11. The van der Waals surface area contributed by atoms with E-state index < -0.39 is 29.9 Å². The van der Waals surface area contributed by atoms with Gasteiger partial charge < -0.3 is 21.5 Å². The largest absolute Gasteiger partial charge is 0.492 e. The SMILES string of the molecule is CC(=O)c1ccccc1OC[C@H](N=[N+]=[N-])[C@H](Cc1ccccc1)NC(=O)[C@@H](N)CC(N)=O. The van der Waals surface area contributed by atoms with Crippen LogP contribution in [0.15, 0.2) is 59.7 Å². The van der Waals surface area contributed by atoms with Gasteiger partial charge in [-0.1, -0.05) is 47.6 Å². The van der Waals surface area contributed by atoms with Crippen LogP contribution in [0.1, 0.15) is 29.3 Å². The van der Waals surface area contributed by atoms with Gasteiger partial charge in [0, 0.05) is 11.0 Å². The van der Waals surface area contributed by atoms with Crippen molar-refractivity contribution in [2.45, 2.75) is 37.9 Å². The minimum absolute atomic E-state index is 0.100. The summed E-state index contributed by atoms with van der Waals surface area (Å²) in [5, 5.41) is 6.55. The molecule has 168 valence electrons. The van der Waals surface area contributed by atoms with Crippen molar-refractivity contribution in [3.8, 4) is 5.75 Å². The minimum Gasteiger partial charge on any atom is -0.492 e. The number of rotatable bonds is 12. The number of ketones is 1. The van der Waals surface area contributed by atoms with Crippen LogP contribution in [-0.2, 0) is 16.0 Å². The Morgan fingerprint density at radius 3 is 2.41 bits per heavy atom. The van der Waals surface area contributed by atoms with Gasteiger partial charge in [0.1, 0.15) is 5.75 Å². The second kappa shape index (κ2) is 12.1. The summed E-state index contributed by atoms with van der Waals surface area (Å²) in [6.45, 7) is 1.32. The minimum atomic E-state index is -1.14. The molecule has 0 aliphatic heterocycles. The number of nitrogens with two attached hydrogens (primary N) is 2. The van der Waals surface area contributed by atoms with Crippen molar-refractivity contribution in [2.75, 3.05) is 6.61 Å². The van der Waals surface area contributed by atoms with Gasteiger partial charge >= 0.3 is 0 Å². The van der Waals surface area contributed by atoms with E-state index in [2.05, 4.69) is 15.3 Å². The number of azide groups is 1.